The SMILES string of the molecule is CC1(C)O[C@H]2[C@H](O1)[C@@H]1OC[C@H](O1)[C@@H]2OCC(N)CO[C@@H]1[C@@H]2OC(C)(C)O[C@H]2[C@H]2OC[C@@H]1O2. The first-order valence-corrected chi connectivity index (χ1v) is 11.4. The van der Waals surface area contributed by atoms with E-state index in [1.807, 2.05) is 27.7 Å². The van der Waals surface area contributed by atoms with Gasteiger partial charge in [-0.15, -0.1) is 0 Å². The van der Waals surface area contributed by atoms with Crippen molar-refractivity contribution in [2.24, 2.45) is 5.73 Å². The molecule has 0 radical (unpaired) electrons. The predicted molar refractivity (Wildman–Crippen MR) is 104 cm³/mol. The average Bonchev–Trinajstić information content (AvgIpc) is 3.46. The third-order valence-corrected chi connectivity index (χ3v) is 6.72. The molecule has 0 saturated carbocycles. The van der Waals surface area contributed by atoms with Crippen LogP contribution in [0.2, 0.25) is 0 Å². The van der Waals surface area contributed by atoms with E-state index in [2.05, 4.69) is 0 Å². The highest BCUT2D eigenvalue weighted by Gasteiger charge is 2.60. The number of nitrogens with two attached hydrogens (primary N) is 1. The number of ether oxygens (including phenoxy) is 10. The fourth-order valence-electron chi connectivity index (χ4n) is 5.48. The Morgan fingerprint density at radius 1 is 0.719 bits per heavy atom. The van der Waals surface area contributed by atoms with Gasteiger partial charge in [0, 0.05) is 0 Å². The van der Waals surface area contributed by atoms with Crippen LogP contribution in [0.25, 0.3) is 0 Å². The summed E-state index contributed by atoms with van der Waals surface area (Å²) in [6, 6.07) is -0.363. The molecule has 11 nitrogen and oxygen atoms in total. The van der Waals surface area contributed by atoms with E-state index >= 15 is 0 Å². The Balaban J connectivity index is 1.05. The fraction of sp³-hybridized carbons (Fsp3) is 1.00. The monoisotopic (exact) mass is 459 g/mol. The third-order valence-electron chi connectivity index (χ3n) is 6.72. The molecule has 0 spiro atoms. The number of hydrogen-bond acceptors (Lipinski definition) is 11. The van der Waals surface area contributed by atoms with Crippen LogP contribution in [0, 0.1) is 0 Å². The Hall–Kier alpha value is -0.440. The summed E-state index contributed by atoms with van der Waals surface area (Å²) in [5.74, 6) is -1.43. The molecule has 2 N–H and O–H groups in total. The van der Waals surface area contributed by atoms with Crippen molar-refractivity contribution in [3.05, 3.63) is 0 Å². The maximum atomic E-state index is 6.35. The minimum atomic E-state index is -0.713. The molecule has 0 aromatic rings. The normalized spacial score (nSPS) is 50.9. The molecule has 0 aliphatic carbocycles. The zero-order valence-electron chi connectivity index (χ0n) is 18.8. The van der Waals surface area contributed by atoms with Crippen molar-refractivity contribution in [1.82, 2.24) is 0 Å². The van der Waals surface area contributed by atoms with Crippen molar-refractivity contribution in [3.8, 4) is 0 Å². The molecule has 32 heavy (non-hydrogen) atoms. The molecule has 182 valence electrons. The van der Waals surface area contributed by atoms with Gasteiger partial charge in [0.2, 0.25) is 0 Å². The minimum Gasteiger partial charge on any atom is -0.371 e. The van der Waals surface area contributed by atoms with Gasteiger partial charge in [-0.05, 0) is 27.7 Å². The van der Waals surface area contributed by atoms with Gasteiger partial charge in [0.05, 0.1) is 32.5 Å². The summed E-state index contributed by atoms with van der Waals surface area (Å²) in [5, 5.41) is 0. The fourth-order valence-corrected chi connectivity index (χ4v) is 5.48. The van der Waals surface area contributed by atoms with Crippen molar-refractivity contribution in [3.63, 3.8) is 0 Å². The molecule has 6 rings (SSSR count). The highest BCUT2D eigenvalue weighted by atomic mass is 16.8. The summed E-state index contributed by atoms with van der Waals surface area (Å²) in [4.78, 5) is 0. The van der Waals surface area contributed by atoms with Gasteiger partial charge in [-0.25, -0.2) is 0 Å². The van der Waals surface area contributed by atoms with Crippen LogP contribution >= 0.6 is 0 Å². The first-order valence-electron chi connectivity index (χ1n) is 11.4. The largest absolute Gasteiger partial charge is 0.371 e. The maximum Gasteiger partial charge on any atom is 0.187 e. The second-order valence-electron chi connectivity index (χ2n) is 10.2. The van der Waals surface area contributed by atoms with Crippen LogP contribution in [-0.2, 0) is 47.4 Å². The van der Waals surface area contributed by atoms with Crippen LogP contribution in [0.5, 0.6) is 0 Å². The quantitative estimate of drug-likeness (QED) is 0.561. The first kappa shape index (κ1) is 22.1. The van der Waals surface area contributed by atoms with Crippen LogP contribution in [0.3, 0.4) is 0 Å². The van der Waals surface area contributed by atoms with Crippen molar-refractivity contribution < 1.29 is 47.4 Å². The number of rotatable bonds is 6. The molecule has 6 aliphatic rings. The summed E-state index contributed by atoms with van der Waals surface area (Å²) < 4.78 is 59.8. The molecule has 11 atom stereocenters. The lowest BCUT2D eigenvalue weighted by atomic mass is 10.0. The highest BCUT2D eigenvalue weighted by molar-refractivity contribution is 5.01. The highest BCUT2D eigenvalue weighted by Crippen LogP contribution is 2.43. The zero-order valence-corrected chi connectivity index (χ0v) is 18.8. The van der Waals surface area contributed by atoms with E-state index in [-0.39, 0.29) is 68.1 Å². The lowest BCUT2D eigenvalue weighted by Crippen LogP contribution is -2.55. The Kier molecular flexibility index (Phi) is 5.37. The molecule has 0 aromatic carbocycles. The molecule has 0 aromatic heterocycles. The van der Waals surface area contributed by atoms with Gasteiger partial charge in [0.25, 0.3) is 0 Å². The summed E-state index contributed by atoms with van der Waals surface area (Å²) in [6.45, 7) is 8.95. The van der Waals surface area contributed by atoms with Crippen LogP contribution in [0.1, 0.15) is 27.7 Å². The molecule has 11 heteroatoms. The summed E-state index contributed by atoms with van der Waals surface area (Å²) >= 11 is 0. The molecule has 6 heterocycles. The van der Waals surface area contributed by atoms with Crippen molar-refractivity contribution in [2.75, 3.05) is 26.4 Å². The van der Waals surface area contributed by atoms with E-state index in [0.29, 0.717) is 13.2 Å². The van der Waals surface area contributed by atoms with Gasteiger partial charge in [-0.2, -0.15) is 0 Å². The smallest absolute Gasteiger partial charge is 0.187 e. The molecule has 0 amide bonds. The van der Waals surface area contributed by atoms with Gasteiger partial charge in [-0.1, -0.05) is 0 Å². The molecule has 6 saturated heterocycles. The van der Waals surface area contributed by atoms with E-state index in [9.17, 15) is 0 Å². The summed E-state index contributed by atoms with van der Waals surface area (Å²) in [5.41, 5.74) is 6.35. The van der Waals surface area contributed by atoms with E-state index in [0.717, 1.165) is 0 Å². The Morgan fingerprint density at radius 2 is 1.12 bits per heavy atom. The maximum absolute atomic E-state index is 6.35. The Labute approximate surface area is 186 Å². The molecular formula is C21H33NO10. The first-order chi connectivity index (χ1) is 15.2. The van der Waals surface area contributed by atoms with Gasteiger partial charge >= 0.3 is 0 Å². The van der Waals surface area contributed by atoms with E-state index < -0.39 is 24.2 Å². The molecular weight excluding hydrogens is 426 g/mol. The predicted octanol–water partition coefficient (Wildman–Crippen LogP) is -0.365. The van der Waals surface area contributed by atoms with Crippen molar-refractivity contribution in [1.29, 1.82) is 0 Å². The molecule has 4 bridgehead atoms. The number of hydrogen-bond donors (Lipinski definition) is 1. The van der Waals surface area contributed by atoms with E-state index in [1.165, 1.54) is 0 Å². The van der Waals surface area contributed by atoms with Crippen LogP contribution < -0.4 is 5.73 Å². The van der Waals surface area contributed by atoms with Gasteiger partial charge in [-0.3, -0.25) is 0 Å². The summed E-state index contributed by atoms with van der Waals surface area (Å²) in [6.07, 6.45) is -3.10. The van der Waals surface area contributed by atoms with Crippen LogP contribution in [0.15, 0.2) is 0 Å². The standard InChI is InChI=1S/C21H33NO10/c1-20(2)29-14-12(10-7-25-18(27-10)16(14)31-20)23-5-9(22)6-24-13-11-8-26-19(28-11)17-15(13)30-21(3,4)32-17/h9-19H,5-8,22H2,1-4H3/t9?,10-,11-,12-,13-,14-,15+,16+,17-,18-,19+/m0/s1. The summed E-state index contributed by atoms with van der Waals surface area (Å²) in [7, 11) is 0. The third kappa shape index (κ3) is 3.81. The number of fused-ring (bicyclic) bond motifs is 8. The minimum absolute atomic E-state index is 0.210. The lowest BCUT2D eigenvalue weighted by molar-refractivity contribution is -0.213. The zero-order chi connectivity index (χ0) is 22.3. The Bertz CT molecular complexity index is 663. The van der Waals surface area contributed by atoms with Crippen LogP contribution in [-0.4, -0.2) is 105 Å². The lowest BCUT2D eigenvalue weighted by Gasteiger charge is -2.36. The van der Waals surface area contributed by atoms with E-state index in [1.54, 1.807) is 0 Å². The second kappa shape index (κ2) is 7.79. The molecule has 6 aliphatic heterocycles. The average molecular weight is 459 g/mol. The van der Waals surface area contributed by atoms with Crippen LogP contribution in [0.4, 0.5) is 0 Å². The topological polar surface area (TPSA) is 118 Å². The van der Waals surface area contributed by atoms with Crippen molar-refractivity contribution in [2.45, 2.75) is 107 Å². The van der Waals surface area contributed by atoms with Crippen molar-refractivity contribution >= 4 is 0 Å². The second-order valence-corrected chi connectivity index (χ2v) is 10.2. The molecule has 6 fully saturated rings. The van der Waals surface area contributed by atoms with E-state index in [4.69, 9.17) is 53.1 Å². The van der Waals surface area contributed by atoms with Gasteiger partial charge < -0.3 is 53.1 Å². The Morgan fingerprint density at radius 3 is 1.56 bits per heavy atom. The van der Waals surface area contributed by atoms with Gasteiger partial charge in [0.15, 0.2) is 24.2 Å². The van der Waals surface area contributed by atoms with Gasteiger partial charge in [0.1, 0.15) is 48.8 Å². The molecule has 1 unspecified atom stereocenters.